The average Bonchev–Trinajstić information content (AvgIpc) is 3.15. The Morgan fingerprint density at radius 2 is 1.31 bits per heavy atom. The molecule has 0 radical (unpaired) electrons. The number of anilines is 1. The van der Waals surface area contributed by atoms with E-state index in [-0.39, 0.29) is 55.9 Å². The molecule has 0 heterocycles. The van der Waals surface area contributed by atoms with Crippen molar-refractivity contribution in [3.8, 4) is 11.1 Å². The van der Waals surface area contributed by atoms with Crippen LogP contribution in [0.2, 0.25) is 0 Å². The maximum absolute atomic E-state index is 13.6. The Labute approximate surface area is 311 Å². The second kappa shape index (κ2) is 18.2. The summed E-state index contributed by atoms with van der Waals surface area (Å²) in [5.74, 6) is -3.25. The minimum absolute atomic E-state index is 0.0403. The van der Waals surface area contributed by atoms with Crippen molar-refractivity contribution in [3.63, 3.8) is 0 Å². The lowest BCUT2D eigenvalue weighted by molar-refractivity contribution is -0.165. The van der Waals surface area contributed by atoms with E-state index in [2.05, 4.69) is 5.32 Å². The number of alkyl halides is 3. The molecule has 0 unspecified atom stereocenters. The lowest BCUT2D eigenvalue weighted by atomic mass is 9.76. The predicted molar refractivity (Wildman–Crippen MR) is 195 cm³/mol. The SMILES string of the molecule is CCOC(=O)C(CCCOC(=O)Cc1ccc(NC(=O)c2ccccc2-c2ccc(C(F)(F)F)cc2)c(C(=O)N(C)C)c1)(C(=O)OCC)c1ccccc1. The van der Waals surface area contributed by atoms with Gasteiger partial charge in [-0.2, -0.15) is 13.2 Å². The van der Waals surface area contributed by atoms with E-state index in [0.29, 0.717) is 22.3 Å². The van der Waals surface area contributed by atoms with Gasteiger partial charge >= 0.3 is 24.1 Å². The molecule has 4 aromatic rings. The fraction of sp³-hybridized carbons (Fsp3) is 0.293. The average molecular weight is 747 g/mol. The Hall–Kier alpha value is -5.98. The zero-order valence-corrected chi connectivity index (χ0v) is 30.3. The Kier molecular flexibility index (Phi) is 13.7. The third-order valence-electron chi connectivity index (χ3n) is 8.49. The summed E-state index contributed by atoms with van der Waals surface area (Å²) in [5.41, 5.74) is -0.622. The van der Waals surface area contributed by atoms with Crippen LogP contribution in [0.25, 0.3) is 11.1 Å². The maximum atomic E-state index is 13.6. The number of benzene rings is 4. The highest BCUT2D eigenvalue weighted by Gasteiger charge is 2.50. The third kappa shape index (κ3) is 9.71. The summed E-state index contributed by atoms with van der Waals surface area (Å²) in [6, 6.07) is 23.7. The summed E-state index contributed by atoms with van der Waals surface area (Å²) in [6.45, 7) is 3.20. The number of esters is 3. The van der Waals surface area contributed by atoms with Crippen LogP contribution in [0.15, 0.2) is 97.1 Å². The van der Waals surface area contributed by atoms with Gasteiger partial charge in [0.1, 0.15) is 0 Å². The Morgan fingerprint density at radius 3 is 1.91 bits per heavy atom. The molecule has 0 fully saturated rings. The molecule has 54 heavy (non-hydrogen) atoms. The first-order valence-corrected chi connectivity index (χ1v) is 17.2. The second-order valence-electron chi connectivity index (χ2n) is 12.4. The summed E-state index contributed by atoms with van der Waals surface area (Å²) < 4.78 is 55.5. The van der Waals surface area contributed by atoms with Crippen LogP contribution >= 0.6 is 0 Å². The topological polar surface area (TPSA) is 128 Å². The highest BCUT2D eigenvalue weighted by atomic mass is 19.4. The minimum atomic E-state index is -4.51. The van der Waals surface area contributed by atoms with Gasteiger partial charge < -0.3 is 24.4 Å². The summed E-state index contributed by atoms with van der Waals surface area (Å²) in [7, 11) is 3.05. The number of hydrogen-bond acceptors (Lipinski definition) is 8. The van der Waals surface area contributed by atoms with Gasteiger partial charge in [0.05, 0.1) is 43.1 Å². The Morgan fingerprint density at radius 1 is 0.704 bits per heavy atom. The highest BCUT2D eigenvalue weighted by molar-refractivity contribution is 6.12. The quantitative estimate of drug-likeness (QED) is 0.0583. The smallest absolute Gasteiger partial charge is 0.416 e. The van der Waals surface area contributed by atoms with Crippen LogP contribution in [-0.2, 0) is 46.6 Å². The number of ether oxygens (including phenoxy) is 3. The normalized spacial score (nSPS) is 11.3. The van der Waals surface area contributed by atoms with Crippen LogP contribution in [-0.4, -0.2) is 68.5 Å². The lowest BCUT2D eigenvalue weighted by Crippen LogP contribution is -2.46. The first kappa shape index (κ1) is 40.8. The monoisotopic (exact) mass is 746 g/mol. The molecule has 10 nitrogen and oxygen atoms in total. The van der Waals surface area contributed by atoms with Crippen LogP contribution in [0.4, 0.5) is 18.9 Å². The van der Waals surface area contributed by atoms with Gasteiger partial charge in [-0.3, -0.25) is 24.0 Å². The fourth-order valence-corrected chi connectivity index (χ4v) is 5.83. The summed E-state index contributed by atoms with van der Waals surface area (Å²) in [5, 5.41) is 2.74. The van der Waals surface area contributed by atoms with E-state index < -0.39 is 46.9 Å². The lowest BCUT2D eigenvalue weighted by Gasteiger charge is -2.29. The molecule has 0 bridgehead atoms. The summed E-state index contributed by atoms with van der Waals surface area (Å²) in [6.07, 6.45) is -4.69. The Bertz CT molecular complexity index is 1940. The van der Waals surface area contributed by atoms with Crippen molar-refractivity contribution in [2.45, 2.75) is 44.7 Å². The largest absolute Gasteiger partial charge is 0.465 e. The first-order chi connectivity index (χ1) is 25.7. The number of nitrogens with zero attached hydrogens (tertiary/aromatic N) is 1. The summed E-state index contributed by atoms with van der Waals surface area (Å²) >= 11 is 0. The zero-order chi connectivity index (χ0) is 39.5. The number of carbonyl (C=O) groups is 5. The Balaban J connectivity index is 1.49. The first-order valence-electron chi connectivity index (χ1n) is 17.2. The second-order valence-corrected chi connectivity index (χ2v) is 12.4. The standard InChI is InChI=1S/C41H41F3N2O8/c1-5-52-38(50)40(39(51)53-6-2,29-13-8-7-9-14-29)23-12-24-54-35(47)26-27-17-22-34(33(25-27)37(49)46(3)4)45-36(48)32-16-11-10-15-31(32)28-18-20-30(21-19-28)41(42,43)44/h7-11,13-22,25H,5-6,12,23-24,26H2,1-4H3,(H,45,48). The molecule has 1 N–H and O–H groups in total. The molecule has 0 atom stereocenters. The number of hydrogen-bond donors (Lipinski definition) is 1. The van der Waals surface area contributed by atoms with E-state index in [9.17, 15) is 37.1 Å². The van der Waals surface area contributed by atoms with E-state index in [1.165, 1.54) is 49.3 Å². The molecule has 0 spiro atoms. The molecule has 0 saturated heterocycles. The molecule has 0 aliphatic heterocycles. The van der Waals surface area contributed by atoms with Crippen LogP contribution in [0.1, 0.15) is 64.1 Å². The van der Waals surface area contributed by atoms with Gasteiger partial charge in [-0.05, 0) is 79.3 Å². The molecule has 13 heteroatoms. The van der Waals surface area contributed by atoms with Crippen molar-refractivity contribution in [2.24, 2.45) is 0 Å². The molecular weight excluding hydrogens is 705 g/mol. The minimum Gasteiger partial charge on any atom is -0.465 e. The van der Waals surface area contributed by atoms with Gasteiger partial charge in [0.15, 0.2) is 5.41 Å². The number of halogens is 3. The molecular formula is C41H41F3N2O8. The van der Waals surface area contributed by atoms with Gasteiger partial charge in [0, 0.05) is 19.7 Å². The molecule has 0 aliphatic carbocycles. The van der Waals surface area contributed by atoms with Crippen molar-refractivity contribution in [1.29, 1.82) is 0 Å². The van der Waals surface area contributed by atoms with Crippen molar-refractivity contribution in [2.75, 3.05) is 39.2 Å². The van der Waals surface area contributed by atoms with Gasteiger partial charge in [0.25, 0.3) is 11.8 Å². The van der Waals surface area contributed by atoms with Gasteiger partial charge in [0.2, 0.25) is 0 Å². The molecule has 284 valence electrons. The fourth-order valence-electron chi connectivity index (χ4n) is 5.83. The van der Waals surface area contributed by atoms with Crippen molar-refractivity contribution >= 4 is 35.4 Å². The van der Waals surface area contributed by atoms with Crippen LogP contribution in [0.3, 0.4) is 0 Å². The van der Waals surface area contributed by atoms with Crippen LogP contribution in [0, 0.1) is 0 Å². The van der Waals surface area contributed by atoms with Crippen molar-refractivity contribution < 1.29 is 51.4 Å². The number of nitrogens with one attached hydrogen (secondary N) is 1. The number of amides is 2. The van der Waals surface area contributed by atoms with E-state index in [4.69, 9.17) is 14.2 Å². The van der Waals surface area contributed by atoms with E-state index in [0.717, 1.165) is 12.1 Å². The number of carbonyl (C=O) groups excluding carboxylic acids is 5. The number of rotatable bonds is 15. The van der Waals surface area contributed by atoms with Crippen LogP contribution in [0.5, 0.6) is 0 Å². The predicted octanol–water partition coefficient (Wildman–Crippen LogP) is 7.26. The molecule has 0 saturated carbocycles. The highest BCUT2D eigenvalue weighted by Crippen LogP contribution is 2.34. The maximum Gasteiger partial charge on any atom is 0.416 e. The molecule has 4 aromatic carbocycles. The van der Waals surface area contributed by atoms with E-state index in [1.54, 1.807) is 68.4 Å². The van der Waals surface area contributed by atoms with E-state index >= 15 is 0 Å². The zero-order valence-electron chi connectivity index (χ0n) is 30.3. The molecule has 0 aliphatic rings. The summed E-state index contributed by atoms with van der Waals surface area (Å²) in [4.78, 5) is 67.6. The van der Waals surface area contributed by atoms with Crippen LogP contribution < -0.4 is 5.32 Å². The third-order valence-corrected chi connectivity index (χ3v) is 8.49. The van der Waals surface area contributed by atoms with Crippen molar-refractivity contribution in [1.82, 2.24) is 4.90 Å². The van der Waals surface area contributed by atoms with Gasteiger partial charge in [-0.25, -0.2) is 0 Å². The molecule has 2 amide bonds. The molecule has 4 rings (SSSR count). The van der Waals surface area contributed by atoms with Gasteiger partial charge in [-0.15, -0.1) is 0 Å². The van der Waals surface area contributed by atoms with Gasteiger partial charge in [-0.1, -0.05) is 66.7 Å². The van der Waals surface area contributed by atoms with E-state index in [1.807, 2.05) is 0 Å². The molecule has 0 aromatic heterocycles. The van der Waals surface area contributed by atoms with Crippen molar-refractivity contribution in [3.05, 3.63) is 125 Å².